The van der Waals surface area contributed by atoms with Crippen LogP contribution in [0.2, 0.25) is 0 Å². The van der Waals surface area contributed by atoms with Gasteiger partial charge in [-0.15, -0.1) is 0 Å². The molecule has 0 atom stereocenters. The van der Waals surface area contributed by atoms with Gasteiger partial charge in [-0.25, -0.2) is 0 Å². The summed E-state index contributed by atoms with van der Waals surface area (Å²) in [7, 11) is 1.96. The van der Waals surface area contributed by atoms with Crippen molar-refractivity contribution in [1.29, 1.82) is 0 Å². The van der Waals surface area contributed by atoms with E-state index in [0.29, 0.717) is 6.54 Å². The number of rotatable bonds is 7. The van der Waals surface area contributed by atoms with Gasteiger partial charge in [0.1, 0.15) is 6.54 Å². The van der Waals surface area contributed by atoms with E-state index in [1.807, 2.05) is 37.4 Å². The van der Waals surface area contributed by atoms with Crippen LogP contribution in [0, 0.1) is 0 Å². The number of benzene rings is 1. The number of nitrogens with one attached hydrogen (secondary N) is 1. The first-order valence-corrected chi connectivity index (χ1v) is 7.50. The van der Waals surface area contributed by atoms with E-state index in [-0.39, 0.29) is 12.5 Å². The second-order valence-electron chi connectivity index (χ2n) is 5.36. The summed E-state index contributed by atoms with van der Waals surface area (Å²) in [5.41, 5.74) is 0.0832. The Balaban J connectivity index is 1.69. The van der Waals surface area contributed by atoms with E-state index in [1.165, 1.54) is 0 Å². The van der Waals surface area contributed by atoms with Gasteiger partial charge in [0.2, 0.25) is 5.91 Å². The Hall–Kier alpha value is -2.51. The van der Waals surface area contributed by atoms with E-state index >= 15 is 0 Å². The molecule has 2 aromatic rings. The molecule has 0 aliphatic heterocycles. The molecule has 0 radical (unpaired) electrons. The normalized spacial score (nSPS) is 11.3. The zero-order valence-corrected chi connectivity index (χ0v) is 13.3. The number of carbonyl (C=O) groups excluding carboxylic acids is 1. The van der Waals surface area contributed by atoms with Crippen LogP contribution >= 0.6 is 0 Å². The fourth-order valence-electron chi connectivity index (χ4n) is 2.16. The van der Waals surface area contributed by atoms with Crippen LogP contribution in [0.1, 0.15) is 12.1 Å². The molecule has 0 saturated heterocycles. The van der Waals surface area contributed by atoms with Crippen LogP contribution in [-0.4, -0.2) is 35.8 Å². The molecule has 5 nitrogen and oxygen atoms in total. The molecule has 0 bridgehead atoms. The third-order valence-corrected chi connectivity index (χ3v) is 3.43. The van der Waals surface area contributed by atoms with Gasteiger partial charge in [-0.05, 0) is 24.6 Å². The molecule has 0 aliphatic carbocycles. The van der Waals surface area contributed by atoms with Gasteiger partial charge in [0.25, 0.3) is 0 Å². The molecule has 0 aliphatic rings. The van der Waals surface area contributed by atoms with Crippen molar-refractivity contribution >= 4 is 11.6 Å². The lowest BCUT2D eigenvalue weighted by Crippen LogP contribution is -2.31. The maximum Gasteiger partial charge on any atom is 0.435 e. The minimum atomic E-state index is -4.50. The molecule has 0 saturated carbocycles. The lowest BCUT2D eigenvalue weighted by molar-refractivity contribution is -0.141. The van der Waals surface area contributed by atoms with Crippen molar-refractivity contribution < 1.29 is 18.0 Å². The first-order chi connectivity index (χ1) is 11.4. The number of anilines is 1. The van der Waals surface area contributed by atoms with E-state index in [2.05, 4.69) is 15.3 Å². The lowest BCUT2D eigenvalue weighted by Gasteiger charge is -2.19. The molecule has 1 N–H and O–H groups in total. The smallest absolute Gasteiger partial charge is 0.375 e. The van der Waals surface area contributed by atoms with E-state index in [0.717, 1.165) is 35.6 Å². The summed E-state index contributed by atoms with van der Waals surface area (Å²) in [5.74, 6) is -0.366. The van der Waals surface area contributed by atoms with Crippen molar-refractivity contribution in [3.05, 3.63) is 48.3 Å². The number of hydrogen-bond donors (Lipinski definition) is 1. The van der Waals surface area contributed by atoms with Crippen molar-refractivity contribution in [2.45, 2.75) is 19.1 Å². The highest BCUT2D eigenvalue weighted by molar-refractivity contribution is 5.75. The molecular weight excluding hydrogens is 321 g/mol. The van der Waals surface area contributed by atoms with Crippen LogP contribution in [0.15, 0.2) is 42.6 Å². The Labute approximate surface area is 138 Å². The largest absolute Gasteiger partial charge is 0.435 e. The number of halogens is 3. The highest BCUT2D eigenvalue weighted by Crippen LogP contribution is 2.27. The van der Waals surface area contributed by atoms with E-state index in [1.54, 1.807) is 0 Å². The monoisotopic (exact) mass is 340 g/mol. The van der Waals surface area contributed by atoms with Crippen molar-refractivity contribution in [2.24, 2.45) is 0 Å². The summed E-state index contributed by atoms with van der Waals surface area (Å²) in [4.78, 5) is 13.8. The van der Waals surface area contributed by atoms with E-state index in [4.69, 9.17) is 0 Å². The SMILES string of the molecule is CN(CCCNC(=O)Cn1ccc(C(F)(F)F)n1)c1ccccc1. The molecule has 1 amide bonds. The molecule has 2 rings (SSSR count). The topological polar surface area (TPSA) is 50.2 Å². The van der Waals surface area contributed by atoms with Gasteiger partial charge < -0.3 is 10.2 Å². The van der Waals surface area contributed by atoms with E-state index < -0.39 is 11.9 Å². The molecule has 0 spiro atoms. The van der Waals surface area contributed by atoms with Crippen LogP contribution in [0.5, 0.6) is 0 Å². The second kappa shape index (κ2) is 7.85. The fraction of sp³-hybridized carbons (Fsp3) is 0.375. The fourth-order valence-corrected chi connectivity index (χ4v) is 2.16. The molecule has 24 heavy (non-hydrogen) atoms. The second-order valence-corrected chi connectivity index (χ2v) is 5.36. The van der Waals surface area contributed by atoms with Crippen LogP contribution in [0.4, 0.5) is 18.9 Å². The van der Waals surface area contributed by atoms with Gasteiger partial charge in [-0.1, -0.05) is 18.2 Å². The number of carbonyl (C=O) groups is 1. The Morgan fingerprint density at radius 1 is 1.25 bits per heavy atom. The molecule has 8 heteroatoms. The highest BCUT2D eigenvalue weighted by atomic mass is 19.4. The number of amides is 1. The van der Waals surface area contributed by atoms with Gasteiger partial charge in [-0.2, -0.15) is 18.3 Å². The first kappa shape index (κ1) is 17.8. The predicted octanol–water partition coefficient (Wildman–Crippen LogP) is 2.54. The molecule has 130 valence electrons. The zero-order chi connectivity index (χ0) is 17.6. The average molecular weight is 340 g/mol. The Bertz CT molecular complexity index is 655. The third-order valence-electron chi connectivity index (χ3n) is 3.43. The number of aromatic nitrogens is 2. The van der Waals surface area contributed by atoms with Crippen molar-refractivity contribution in [3.63, 3.8) is 0 Å². The molecule has 1 aromatic heterocycles. The highest BCUT2D eigenvalue weighted by Gasteiger charge is 2.33. The third kappa shape index (κ3) is 5.29. The number of hydrogen-bond acceptors (Lipinski definition) is 3. The van der Waals surface area contributed by atoms with Crippen LogP contribution < -0.4 is 10.2 Å². The molecular formula is C16H19F3N4O. The first-order valence-electron chi connectivity index (χ1n) is 7.50. The van der Waals surface area contributed by atoms with Gasteiger partial charge >= 0.3 is 6.18 Å². The molecule has 0 fully saturated rings. The average Bonchev–Trinajstić information content (AvgIpc) is 3.01. The Morgan fingerprint density at radius 3 is 2.58 bits per heavy atom. The van der Waals surface area contributed by atoms with Gasteiger partial charge in [0.15, 0.2) is 5.69 Å². The summed E-state index contributed by atoms with van der Waals surface area (Å²) in [6, 6.07) is 10.7. The van der Waals surface area contributed by atoms with Crippen LogP contribution in [-0.2, 0) is 17.5 Å². The van der Waals surface area contributed by atoms with Crippen molar-refractivity contribution in [3.8, 4) is 0 Å². The van der Waals surface area contributed by atoms with Gasteiger partial charge in [0.05, 0.1) is 0 Å². The quantitative estimate of drug-likeness (QED) is 0.788. The van der Waals surface area contributed by atoms with Gasteiger partial charge in [-0.3, -0.25) is 9.48 Å². The Kier molecular flexibility index (Phi) is 5.83. The van der Waals surface area contributed by atoms with Crippen LogP contribution in [0.3, 0.4) is 0 Å². The maximum atomic E-state index is 12.4. The summed E-state index contributed by atoms with van der Waals surface area (Å²) in [6.45, 7) is 0.971. The predicted molar refractivity (Wildman–Crippen MR) is 84.6 cm³/mol. The number of para-hydroxylation sites is 1. The van der Waals surface area contributed by atoms with Crippen molar-refractivity contribution in [1.82, 2.24) is 15.1 Å². The maximum absolute atomic E-state index is 12.4. The Morgan fingerprint density at radius 2 is 1.96 bits per heavy atom. The number of nitrogens with zero attached hydrogens (tertiary/aromatic N) is 3. The van der Waals surface area contributed by atoms with E-state index in [9.17, 15) is 18.0 Å². The summed E-state index contributed by atoms with van der Waals surface area (Å²) in [5, 5.41) is 6.02. The van der Waals surface area contributed by atoms with Crippen molar-refractivity contribution in [2.75, 3.05) is 25.0 Å². The molecule has 0 unspecified atom stereocenters. The summed E-state index contributed by atoms with van der Waals surface area (Å²) in [6.07, 6.45) is -2.63. The van der Waals surface area contributed by atoms with Gasteiger partial charge in [0, 0.05) is 32.0 Å². The standard InChI is InChI=1S/C16H19F3N4O/c1-22(13-6-3-2-4-7-13)10-5-9-20-15(24)12-23-11-8-14(21-23)16(17,18)19/h2-4,6-8,11H,5,9-10,12H2,1H3,(H,20,24). The molecule has 1 aromatic carbocycles. The minimum absolute atomic E-state index is 0.232. The molecule has 1 heterocycles. The lowest BCUT2D eigenvalue weighted by atomic mass is 10.3. The summed E-state index contributed by atoms with van der Waals surface area (Å²) < 4.78 is 38.2. The summed E-state index contributed by atoms with van der Waals surface area (Å²) >= 11 is 0. The minimum Gasteiger partial charge on any atom is -0.375 e. The van der Waals surface area contributed by atoms with Crippen LogP contribution in [0.25, 0.3) is 0 Å². The zero-order valence-electron chi connectivity index (χ0n) is 13.3. The number of alkyl halides is 3.